The Labute approximate surface area is 297 Å². The maximum Gasteiger partial charge on any atom is 0.0640 e. The molecule has 0 atom stereocenters. The molecule has 0 radical (unpaired) electrons. The van der Waals surface area contributed by atoms with E-state index in [9.17, 15) is 0 Å². The van der Waals surface area contributed by atoms with Crippen LogP contribution in [0.3, 0.4) is 0 Å². The van der Waals surface area contributed by atoms with E-state index in [1.165, 1.54) is 70.4 Å². The van der Waals surface area contributed by atoms with Crippen molar-refractivity contribution in [3.8, 4) is 44.5 Å². The van der Waals surface area contributed by atoms with Gasteiger partial charge in [0, 0.05) is 26.7 Å². The molecule has 0 bridgehead atoms. The number of hydrogen-bond donors (Lipinski definition) is 0. The van der Waals surface area contributed by atoms with Crippen LogP contribution >= 0.6 is 11.3 Å². The Morgan fingerprint density at radius 2 is 0.800 bits per heavy atom. The van der Waals surface area contributed by atoms with Gasteiger partial charge in [-0.3, -0.25) is 0 Å². The lowest BCUT2D eigenvalue weighted by Crippen LogP contribution is -2.11. The summed E-state index contributed by atoms with van der Waals surface area (Å²) < 4.78 is 2.57. The van der Waals surface area contributed by atoms with Crippen LogP contribution in [0.1, 0.15) is 0 Å². The third kappa shape index (κ3) is 5.37. The lowest BCUT2D eigenvalue weighted by molar-refractivity contribution is 1.30. The van der Waals surface area contributed by atoms with Crippen molar-refractivity contribution in [2.75, 3.05) is 4.90 Å². The molecular formula is C48H33NS. The number of para-hydroxylation sites is 1. The van der Waals surface area contributed by atoms with Crippen molar-refractivity contribution in [2.24, 2.45) is 0 Å². The molecule has 8 aromatic carbocycles. The molecule has 1 heterocycles. The molecule has 0 N–H and O–H groups in total. The fourth-order valence-corrected chi connectivity index (χ4v) is 8.42. The maximum atomic E-state index is 2.48. The van der Waals surface area contributed by atoms with E-state index < -0.39 is 0 Å². The van der Waals surface area contributed by atoms with Gasteiger partial charge in [-0.2, -0.15) is 0 Å². The van der Waals surface area contributed by atoms with Crippen LogP contribution in [0.15, 0.2) is 200 Å². The van der Waals surface area contributed by atoms with Crippen LogP contribution in [0.25, 0.3) is 64.7 Å². The molecule has 2 heteroatoms. The zero-order valence-corrected chi connectivity index (χ0v) is 28.2. The molecule has 50 heavy (non-hydrogen) atoms. The Bertz CT molecular complexity index is 2600. The summed E-state index contributed by atoms with van der Waals surface area (Å²) in [7, 11) is 0. The van der Waals surface area contributed by atoms with Crippen LogP contribution in [-0.2, 0) is 0 Å². The van der Waals surface area contributed by atoms with Gasteiger partial charge >= 0.3 is 0 Å². The summed E-state index contributed by atoms with van der Waals surface area (Å²) in [5.41, 5.74) is 13.0. The van der Waals surface area contributed by atoms with E-state index in [4.69, 9.17) is 0 Å². The summed E-state index contributed by atoms with van der Waals surface area (Å²) in [4.78, 5) is 2.48. The van der Waals surface area contributed by atoms with E-state index in [1.54, 1.807) is 0 Å². The summed E-state index contributed by atoms with van der Waals surface area (Å²) in [6, 6.07) is 72.3. The Morgan fingerprint density at radius 1 is 0.320 bits per heavy atom. The van der Waals surface area contributed by atoms with Crippen molar-refractivity contribution < 1.29 is 0 Å². The average molecular weight is 656 g/mol. The van der Waals surface area contributed by atoms with Gasteiger partial charge in [-0.05, 0) is 69.3 Å². The zero-order chi connectivity index (χ0) is 33.3. The average Bonchev–Trinajstić information content (AvgIpc) is 3.59. The molecule has 0 aliphatic heterocycles. The van der Waals surface area contributed by atoms with Crippen molar-refractivity contribution in [2.45, 2.75) is 0 Å². The third-order valence-electron chi connectivity index (χ3n) is 9.50. The van der Waals surface area contributed by atoms with Crippen molar-refractivity contribution in [1.82, 2.24) is 0 Å². The van der Waals surface area contributed by atoms with Crippen molar-refractivity contribution in [3.63, 3.8) is 0 Å². The molecule has 0 aliphatic rings. The summed E-state index contributed by atoms with van der Waals surface area (Å²) in [5.74, 6) is 0. The normalized spacial score (nSPS) is 11.2. The second-order valence-corrected chi connectivity index (χ2v) is 13.5. The molecule has 0 fully saturated rings. The minimum atomic E-state index is 1.11. The van der Waals surface area contributed by atoms with Gasteiger partial charge in [-0.25, -0.2) is 0 Å². The van der Waals surface area contributed by atoms with E-state index in [0.717, 1.165) is 11.4 Å². The first-order valence-corrected chi connectivity index (χ1v) is 17.8. The van der Waals surface area contributed by atoms with Crippen molar-refractivity contribution >= 4 is 48.6 Å². The van der Waals surface area contributed by atoms with Gasteiger partial charge in [0.2, 0.25) is 0 Å². The topological polar surface area (TPSA) is 3.24 Å². The number of fused-ring (bicyclic) bond motifs is 3. The predicted octanol–water partition coefficient (Wildman–Crippen LogP) is 14.2. The molecule has 0 aliphatic carbocycles. The van der Waals surface area contributed by atoms with E-state index in [-0.39, 0.29) is 0 Å². The van der Waals surface area contributed by atoms with Gasteiger partial charge in [-0.1, -0.05) is 170 Å². The molecule has 0 saturated carbocycles. The number of nitrogens with zero attached hydrogens (tertiary/aromatic N) is 1. The highest BCUT2D eigenvalue weighted by Gasteiger charge is 2.22. The molecule has 0 spiro atoms. The number of thiophene rings is 1. The minimum absolute atomic E-state index is 1.11. The van der Waals surface area contributed by atoms with Gasteiger partial charge < -0.3 is 4.90 Å². The van der Waals surface area contributed by atoms with Crippen LogP contribution in [0, 0.1) is 0 Å². The summed E-state index contributed by atoms with van der Waals surface area (Å²) in [6.45, 7) is 0. The van der Waals surface area contributed by atoms with Gasteiger partial charge in [-0.15, -0.1) is 11.3 Å². The van der Waals surface area contributed by atoms with Crippen LogP contribution in [0.2, 0.25) is 0 Å². The Morgan fingerprint density at radius 3 is 1.52 bits per heavy atom. The predicted molar refractivity (Wildman–Crippen MR) is 216 cm³/mol. The Balaban J connectivity index is 1.30. The quantitative estimate of drug-likeness (QED) is 0.165. The Kier molecular flexibility index (Phi) is 7.77. The van der Waals surface area contributed by atoms with E-state index in [0.29, 0.717) is 0 Å². The minimum Gasteiger partial charge on any atom is -0.308 e. The molecular weight excluding hydrogens is 623 g/mol. The van der Waals surface area contributed by atoms with E-state index in [1.807, 2.05) is 11.3 Å². The highest BCUT2D eigenvalue weighted by Crippen LogP contribution is 2.48. The Hall–Kier alpha value is -6.22. The van der Waals surface area contributed by atoms with Crippen molar-refractivity contribution in [3.05, 3.63) is 200 Å². The van der Waals surface area contributed by atoms with E-state index >= 15 is 0 Å². The first kappa shape index (κ1) is 29.9. The number of rotatable bonds is 7. The molecule has 236 valence electrons. The fraction of sp³-hybridized carbons (Fsp3) is 0. The number of anilines is 3. The first-order chi connectivity index (χ1) is 24.8. The molecule has 1 nitrogen and oxygen atoms in total. The lowest BCUT2D eigenvalue weighted by atomic mass is 9.92. The highest BCUT2D eigenvalue weighted by atomic mass is 32.1. The lowest BCUT2D eigenvalue weighted by Gasteiger charge is -2.29. The van der Waals surface area contributed by atoms with Crippen LogP contribution < -0.4 is 4.90 Å². The van der Waals surface area contributed by atoms with Crippen LogP contribution in [-0.4, -0.2) is 0 Å². The maximum absolute atomic E-state index is 2.48. The standard InChI is InChI=1S/C48H33NS/c1-3-17-34(18-4-1)38-23-7-8-25-40(38)36-21-15-22-37(33-36)49(46-31-16-29-44-43-28-12-14-32-47(43)50-48(44)46)45-30-13-11-27-42(45)41-26-10-9-24-39(41)35-19-5-2-6-20-35/h1-33H. The zero-order valence-electron chi connectivity index (χ0n) is 27.4. The van der Waals surface area contributed by atoms with Crippen LogP contribution in [0.4, 0.5) is 17.1 Å². The summed E-state index contributed by atoms with van der Waals surface area (Å²) >= 11 is 1.87. The van der Waals surface area contributed by atoms with Gasteiger partial charge in [0.1, 0.15) is 0 Å². The second kappa shape index (κ2) is 13.0. The van der Waals surface area contributed by atoms with Crippen molar-refractivity contribution in [1.29, 1.82) is 0 Å². The SMILES string of the molecule is c1ccc(-c2ccccc2-c2cccc(N(c3ccccc3-c3ccccc3-c3ccccc3)c3cccc4c3sc3ccccc34)c2)cc1. The summed E-state index contributed by atoms with van der Waals surface area (Å²) in [6.07, 6.45) is 0. The number of benzene rings is 8. The van der Waals surface area contributed by atoms with Crippen LogP contribution in [0.5, 0.6) is 0 Å². The second-order valence-electron chi connectivity index (χ2n) is 12.5. The smallest absolute Gasteiger partial charge is 0.0640 e. The molecule has 9 rings (SSSR count). The molecule has 0 amide bonds. The fourth-order valence-electron chi connectivity index (χ4n) is 7.22. The summed E-state index contributed by atoms with van der Waals surface area (Å²) in [5, 5.41) is 2.57. The van der Waals surface area contributed by atoms with Gasteiger partial charge in [0.05, 0.1) is 16.1 Å². The third-order valence-corrected chi connectivity index (χ3v) is 10.7. The first-order valence-electron chi connectivity index (χ1n) is 17.0. The van der Waals surface area contributed by atoms with Gasteiger partial charge in [0.25, 0.3) is 0 Å². The largest absolute Gasteiger partial charge is 0.308 e. The molecule has 0 unspecified atom stereocenters. The van der Waals surface area contributed by atoms with E-state index in [2.05, 4.69) is 205 Å². The molecule has 1 aromatic heterocycles. The highest BCUT2D eigenvalue weighted by molar-refractivity contribution is 7.26. The monoisotopic (exact) mass is 655 g/mol. The van der Waals surface area contributed by atoms with Gasteiger partial charge in [0.15, 0.2) is 0 Å². The molecule has 0 saturated heterocycles. The molecule has 9 aromatic rings. The number of hydrogen-bond acceptors (Lipinski definition) is 2.